The van der Waals surface area contributed by atoms with Crippen molar-refractivity contribution in [1.82, 2.24) is 9.97 Å². The van der Waals surface area contributed by atoms with Crippen molar-refractivity contribution in [2.75, 3.05) is 5.32 Å². The fraction of sp³-hybridized carbons (Fsp3) is 0.231. The van der Waals surface area contributed by atoms with Crippen molar-refractivity contribution in [1.29, 1.82) is 0 Å². The Hall–Kier alpha value is -1.75. The maximum Gasteiger partial charge on any atom is 0.149 e. The summed E-state index contributed by atoms with van der Waals surface area (Å²) in [5.41, 5.74) is 0.367. The van der Waals surface area contributed by atoms with Crippen molar-refractivity contribution >= 4 is 23.1 Å². The molecule has 0 aliphatic carbocycles. The van der Waals surface area contributed by atoms with E-state index in [4.69, 9.17) is 11.6 Å². The van der Waals surface area contributed by atoms with E-state index in [9.17, 15) is 8.78 Å². The molecule has 0 saturated carbocycles. The number of benzene rings is 1. The van der Waals surface area contributed by atoms with E-state index in [0.29, 0.717) is 11.4 Å². The molecule has 2 rings (SSSR count). The molecule has 19 heavy (non-hydrogen) atoms. The Labute approximate surface area is 114 Å². The second-order valence-electron chi connectivity index (χ2n) is 4.30. The third-order valence-corrected chi connectivity index (χ3v) is 2.92. The van der Waals surface area contributed by atoms with Crippen LogP contribution in [0.3, 0.4) is 0 Å². The number of nitrogens with one attached hydrogen (secondary N) is 1. The molecule has 0 radical (unpaired) electrons. The lowest BCUT2D eigenvalue weighted by Crippen LogP contribution is -2.05. The number of aromatic nitrogens is 2. The zero-order chi connectivity index (χ0) is 14.0. The number of rotatable bonds is 3. The minimum absolute atomic E-state index is 0.0195. The van der Waals surface area contributed by atoms with Gasteiger partial charge in [-0.15, -0.1) is 0 Å². The van der Waals surface area contributed by atoms with E-state index >= 15 is 0 Å². The zero-order valence-electron chi connectivity index (χ0n) is 10.4. The van der Waals surface area contributed by atoms with Gasteiger partial charge in [-0.25, -0.2) is 18.7 Å². The molecule has 1 heterocycles. The maximum absolute atomic E-state index is 13.6. The van der Waals surface area contributed by atoms with Crippen LogP contribution in [0.15, 0.2) is 24.5 Å². The normalized spacial score (nSPS) is 10.8. The number of halogens is 3. The molecule has 1 aromatic carbocycles. The Bertz CT molecular complexity index is 582. The largest absolute Gasteiger partial charge is 0.335 e. The predicted molar refractivity (Wildman–Crippen MR) is 70.8 cm³/mol. The first-order chi connectivity index (χ1) is 9.00. The van der Waals surface area contributed by atoms with E-state index in [1.165, 1.54) is 24.5 Å². The van der Waals surface area contributed by atoms with Crippen LogP contribution < -0.4 is 5.32 Å². The highest BCUT2D eigenvalue weighted by Crippen LogP contribution is 2.31. The topological polar surface area (TPSA) is 37.8 Å². The van der Waals surface area contributed by atoms with Crippen LogP contribution in [-0.2, 0) is 0 Å². The van der Waals surface area contributed by atoms with E-state index in [-0.39, 0.29) is 16.8 Å². The zero-order valence-corrected chi connectivity index (χ0v) is 11.2. The molecule has 1 N–H and O–H groups in total. The molecule has 100 valence electrons. The van der Waals surface area contributed by atoms with E-state index in [1.807, 2.05) is 13.8 Å². The first kappa shape index (κ1) is 13.7. The third kappa shape index (κ3) is 2.81. The molecule has 0 spiro atoms. The van der Waals surface area contributed by atoms with Crippen molar-refractivity contribution in [3.63, 3.8) is 0 Å². The molecule has 0 aliphatic heterocycles. The molecule has 0 unspecified atom stereocenters. The molecule has 0 aliphatic rings. The van der Waals surface area contributed by atoms with Gasteiger partial charge in [-0.05, 0) is 18.1 Å². The minimum Gasteiger partial charge on any atom is -0.335 e. The second kappa shape index (κ2) is 5.48. The van der Waals surface area contributed by atoms with Crippen LogP contribution in [0.2, 0.25) is 5.15 Å². The van der Waals surface area contributed by atoms with Crippen molar-refractivity contribution in [3.8, 4) is 0 Å². The molecular weight excluding hydrogens is 272 g/mol. The van der Waals surface area contributed by atoms with Gasteiger partial charge in [-0.3, -0.25) is 0 Å². The SMILES string of the molecule is CC(C)c1c(Cl)ncnc1Nc1c(F)cccc1F. The Balaban J connectivity index is 2.47. The molecule has 0 bridgehead atoms. The van der Waals surface area contributed by atoms with Crippen molar-refractivity contribution < 1.29 is 8.78 Å². The lowest BCUT2D eigenvalue weighted by molar-refractivity contribution is 0.590. The predicted octanol–water partition coefficient (Wildman–Crippen LogP) is 4.28. The quantitative estimate of drug-likeness (QED) is 0.855. The molecule has 0 amide bonds. The Morgan fingerprint density at radius 3 is 2.37 bits per heavy atom. The molecule has 1 aromatic heterocycles. The first-order valence-electron chi connectivity index (χ1n) is 5.72. The molecule has 2 aromatic rings. The van der Waals surface area contributed by atoms with Gasteiger partial charge in [0.2, 0.25) is 0 Å². The Morgan fingerprint density at radius 1 is 1.16 bits per heavy atom. The number of nitrogens with zero attached hydrogens (tertiary/aromatic N) is 2. The fourth-order valence-corrected chi connectivity index (χ4v) is 2.07. The summed E-state index contributed by atoms with van der Waals surface area (Å²) < 4.78 is 27.2. The van der Waals surface area contributed by atoms with Crippen molar-refractivity contribution in [2.24, 2.45) is 0 Å². The smallest absolute Gasteiger partial charge is 0.149 e. The molecule has 6 heteroatoms. The molecule has 3 nitrogen and oxygen atoms in total. The van der Waals surface area contributed by atoms with Gasteiger partial charge in [0.25, 0.3) is 0 Å². The number of hydrogen-bond acceptors (Lipinski definition) is 3. The van der Waals surface area contributed by atoms with E-state index in [2.05, 4.69) is 15.3 Å². The summed E-state index contributed by atoms with van der Waals surface area (Å²) in [5.74, 6) is -1.06. The summed E-state index contributed by atoms with van der Waals surface area (Å²) in [7, 11) is 0. The monoisotopic (exact) mass is 283 g/mol. The highest BCUT2D eigenvalue weighted by molar-refractivity contribution is 6.30. The minimum atomic E-state index is -0.690. The Kier molecular flexibility index (Phi) is 3.95. The first-order valence-corrected chi connectivity index (χ1v) is 6.10. The molecular formula is C13H12ClF2N3. The average molecular weight is 284 g/mol. The fourth-order valence-electron chi connectivity index (χ4n) is 1.72. The number of anilines is 2. The van der Waals surface area contributed by atoms with Crippen molar-refractivity contribution in [2.45, 2.75) is 19.8 Å². The summed E-state index contributed by atoms with van der Waals surface area (Å²) in [6.07, 6.45) is 1.25. The lowest BCUT2D eigenvalue weighted by Gasteiger charge is -2.15. The number of hydrogen-bond donors (Lipinski definition) is 1. The van der Waals surface area contributed by atoms with Gasteiger partial charge >= 0.3 is 0 Å². The van der Waals surface area contributed by atoms with Crippen LogP contribution in [0.1, 0.15) is 25.3 Å². The second-order valence-corrected chi connectivity index (χ2v) is 4.66. The summed E-state index contributed by atoms with van der Waals surface area (Å²) in [6, 6.07) is 3.64. The van der Waals surface area contributed by atoms with E-state index in [0.717, 1.165) is 0 Å². The van der Waals surface area contributed by atoms with Crippen LogP contribution in [-0.4, -0.2) is 9.97 Å². The van der Waals surface area contributed by atoms with Crippen LogP contribution in [0, 0.1) is 11.6 Å². The molecule has 0 saturated heterocycles. The van der Waals surface area contributed by atoms with Gasteiger partial charge in [0.05, 0.1) is 0 Å². The van der Waals surface area contributed by atoms with Gasteiger partial charge in [-0.2, -0.15) is 0 Å². The highest BCUT2D eigenvalue weighted by Gasteiger charge is 2.16. The lowest BCUT2D eigenvalue weighted by atomic mass is 10.1. The van der Waals surface area contributed by atoms with Crippen LogP contribution in [0.4, 0.5) is 20.3 Å². The van der Waals surface area contributed by atoms with Crippen LogP contribution in [0.25, 0.3) is 0 Å². The van der Waals surface area contributed by atoms with E-state index < -0.39 is 11.6 Å². The summed E-state index contributed by atoms with van der Waals surface area (Å²) >= 11 is 5.99. The molecule has 0 atom stereocenters. The summed E-state index contributed by atoms with van der Waals surface area (Å²) in [5, 5.41) is 2.91. The van der Waals surface area contributed by atoms with Gasteiger partial charge in [0.1, 0.15) is 34.6 Å². The molecule has 0 fully saturated rings. The van der Waals surface area contributed by atoms with Gasteiger partial charge < -0.3 is 5.32 Å². The maximum atomic E-state index is 13.6. The number of para-hydroxylation sites is 1. The van der Waals surface area contributed by atoms with Gasteiger partial charge in [0, 0.05) is 5.56 Å². The summed E-state index contributed by atoms with van der Waals surface area (Å²) in [4.78, 5) is 7.87. The van der Waals surface area contributed by atoms with Gasteiger partial charge in [0.15, 0.2) is 0 Å². The van der Waals surface area contributed by atoms with Crippen LogP contribution in [0.5, 0.6) is 0 Å². The van der Waals surface area contributed by atoms with Crippen molar-refractivity contribution in [3.05, 3.63) is 46.9 Å². The third-order valence-electron chi connectivity index (χ3n) is 2.62. The summed E-state index contributed by atoms with van der Waals surface area (Å²) in [6.45, 7) is 3.79. The Morgan fingerprint density at radius 2 is 1.79 bits per heavy atom. The van der Waals surface area contributed by atoms with Gasteiger partial charge in [-0.1, -0.05) is 31.5 Å². The van der Waals surface area contributed by atoms with E-state index in [1.54, 1.807) is 0 Å². The van der Waals surface area contributed by atoms with Crippen LogP contribution >= 0.6 is 11.6 Å². The highest BCUT2D eigenvalue weighted by atomic mass is 35.5. The average Bonchev–Trinajstić information content (AvgIpc) is 2.33. The standard InChI is InChI=1S/C13H12ClF2N3/c1-7(2)10-12(14)17-6-18-13(10)19-11-8(15)4-3-5-9(11)16/h3-7H,1-2H3,(H,17,18,19).